The third-order valence-electron chi connectivity index (χ3n) is 5.12. The van der Waals surface area contributed by atoms with Gasteiger partial charge in [0.1, 0.15) is 5.82 Å². The number of alkyl halides is 3. The number of hydrogen-bond donors (Lipinski definition) is 1. The van der Waals surface area contributed by atoms with Gasteiger partial charge in [-0.3, -0.25) is 4.79 Å². The van der Waals surface area contributed by atoms with Crippen LogP contribution in [-0.2, 0) is 15.7 Å². The van der Waals surface area contributed by atoms with Gasteiger partial charge >= 0.3 is 6.18 Å². The van der Waals surface area contributed by atoms with E-state index in [0.29, 0.717) is 38.5 Å². The maximum Gasteiger partial charge on any atom is 0.417 e. The summed E-state index contributed by atoms with van der Waals surface area (Å²) in [7, 11) is 0. The largest absolute Gasteiger partial charge is 0.417 e. The van der Waals surface area contributed by atoms with Gasteiger partial charge in [0, 0.05) is 45.0 Å². The van der Waals surface area contributed by atoms with Gasteiger partial charge in [-0.15, -0.1) is 0 Å². The maximum atomic E-state index is 12.7. The number of halogens is 4. The lowest BCUT2D eigenvalue weighted by atomic mass is 9.93. The van der Waals surface area contributed by atoms with E-state index in [1.807, 2.05) is 4.90 Å². The first-order valence-corrected chi connectivity index (χ1v) is 9.55. The van der Waals surface area contributed by atoms with Crippen molar-refractivity contribution in [3.63, 3.8) is 0 Å². The number of piperidine rings is 1. The van der Waals surface area contributed by atoms with Crippen molar-refractivity contribution < 1.29 is 22.7 Å². The van der Waals surface area contributed by atoms with E-state index in [1.54, 1.807) is 0 Å². The molecule has 0 saturated carbocycles. The van der Waals surface area contributed by atoms with Crippen molar-refractivity contribution in [1.29, 1.82) is 0 Å². The second kappa shape index (κ2) is 8.65. The van der Waals surface area contributed by atoms with Gasteiger partial charge in [-0.1, -0.05) is 11.6 Å². The van der Waals surface area contributed by atoms with E-state index in [9.17, 15) is 18.0 Å². The summed E-state index contributed by atoms with van der Waals surface area (Å²) in [6.07, 6.45) is 0.0823. The van der Waals surface area contributed by atoms with Crippen molar-refractivity contribution in [1.82, 2.24) is 10.3 Å². The third-order valence-corrected chi connectivity index (χ3v) is 5.40. The number of carbonyl (C=O) groups excluding carboxylic acids is 1. The summed E-state index contributed by atoms with van der Waals surface area (Å²) >= 11 is 6.02. The minimum atomic E-state index is -4.46. The predicted molar refractivity (Wildman–Crippen MR) is 95.8 cm³/mol. The number of carbonyl (C=O) groups is 1. The number of nitrogens with one attached hydrogen (secondary N) is 1. The zero-order chi connectivity index (χ0) is 19.4. The molecular weight excluding hydrogens is 383 g/mol. The zero-order valence-electron chi connectivity index (χ0n) is 14.9. The number of nitrogens with zero attached hydrogens (tertiary/aromatic N) is 2. The van der Waals surface area contributed by atoms with Gasteiger partial charge in [0.2, 0.25) is 5.91 Å². The van der Waals surface area contributed by atoms with Crippen LogP contribution in [0.3, 0.4) is 0 Å². The number of aromatic nitrogens is 1. The average molecular weight is 406 g/mol. The topological polar surface area (TPSA) is 54.5 Å². The minimum absolute atomic E-state index is 0.000496. The van der Waals surface area contributed by atoms with Crippen molar-refractivity contribution >= 4 is 23.3 Å². The van der Waals surface area contributed by atoms with Crippen molar-refractivity contribution in [3.05, 3.63) is 22.8 Å². The molecule has 27 heavy (non-hydrogen) atoms. The molecule has 2 aliphatic heterocycles. The van der Waals surface area contributed by atoms with E-state index >= 15 is 0 Å². The van der Waals surface area contributed by atoms with Gasteiger partial charge in [-0.25, -0.2) is 4.98 Å². The standard InChI is InChI=1S/C18H23ClF3N3O2/c19-15-10-13(18(20,21)22)11-23-17(15)25-5-1-12(2-6-25)9-16(26)24-14-3-7-27-8-4-14/h10-12,14H,1-9H2,(H,24,26). The van der Waals surface area contributed by atoms with E-state index in [1.165, 1.54) is 0 Å². The Morgan fingerprint density at radius 2 is 1.93 bits per heavy atom. The molecule has 3 rings (SSSR count). The van der Waals surface area contributed by atoms with Crippen LogP contribution in [0.5, 0.6) is 0 Å². The SMILES string of the molecule is O=C(CC1CCN(c2ncc(C(F)(F)F)cc2Cl)CC1)NC1CCOCC1. The van der Waals surface area contributed by atoms with Crippen LogP contribution in [0.15, 0.2) is 12.3 Å². The first-order chi connectivity index (χ1) is 12.8. The molecule has 2 fully saturated rings. The molecule has 0 spiro atoms. The van der Waals surface area contributed by atoms with Gasteiger partial charge in [0.05, 0.1) is 10.6 Å². The number of ether oxygens (including phenoxy) is 1. The highest BCUT2D eigenvalue weighted by atomic mass is 35.5. The van der Waals surface area contributed by atoms with Crippen LogP contribution in [-0.4, -0.2) is 43.2 Å². The molecule has 1 N–H and O–H groups in total. The summed E-state index contributed by atoms with van der Waals surface area (Å²) in [6.45, 7) is 2.61. The second-order valence-corrected chi connectivity index (χ2v) is 7.52. The van der Waals surface area contributed by atoms with Crippen LogP contribution in [0.25, 0.3) is 0 Å². The fraction of sp³-hybridized carbons (Fsp3) is 0.667. The summed E-state index contributed by atoms with van der Waals surface area (Å²) in [5.74, 6) is 0.690. The van der Waals surface area contributed by atoms with E-state index < -0.39 is 11.7 Å². The normalized spacial score (nSPS) is 19.9. The molecule has 3 heterocycles. The first kappa shape index (κ1) is 20.2. The Hall–Kier alpha value is -1.54. The van der Waals surface area contributed by atoms with Gasteiger partial charge in [-0.2, -0.15) is 13.2 Å². The molecule has 0 radical (unpaired) electrons. The molecule has 0 atom stereocenters. The van der Waals surface area contributed by atoms with Gasteiger partial charge in [0.25, 0.3) is 0 Å². The fourth-order valence-corrected chi connectivity index (χ4v) is 3.84. The molecule has 0 aromatic carbocycles. The quantitative estimate of drug-likeness (QED) is 0.830. The molecule has 0 unspecified atom stereocenters. The van der Waals surface area contributed by atoms with E-state index in [-0.39, 0.29) is 22.9 Å². The van der Waals surface area contributed by atoms with Crippen LogP contribution in [0.1, 0.15) is 37.7 Å². The Balaban J connectivity index is 1.49. The van der Waals surface area contributed by atoms with E-state index in [2.05, 4.69) is 10.3 Å². The van der Waals surface area contributed by atoms with Crippen molar-refractivity contribution in [2.24, 2.45) is 5.92 Å². The molecule has 5 nitrogen and oxygen atoms in total. The molecule has 2 aliphatic rings. The molecule has 1 aromatic heterocycles. The molecule has 0 bridgehead atoms. The monoisotopic (exact) mass is 405 g/mol. The molecule has 2 saturated heterocycles. The van der Waals surface area contributed by atoms with E-state index in [4.69, 9.17) is 16.3 Å². The van der Waals surface area contributed by atoms with Crippen LogP contribution in [0.2, 0.25) is 5.02 Å². The fourth-order valence-electron chi connectivity index (χ4n) is 3.56. The lowest BCUT2D eigenvalue weighted by molar-refractivity contribution is -0.137. The van der Waals surface area contributed by atoms with Crippen LogP contribution >= 0.6 is 11.6 Å². The number of rotatable bonds is 4. The smallest absolute Gasteiger partial charge is 0.381 e. The van der Waals surface area contributed by atoms with Gasteiger partial charge in [0.15, 0.2) is 0 Å². The molecule has 9 heteroatoms. The second-order valence-electron chi connectivity index (χ2n) is 7.12. The number of pyridine rings is 1. The lowest BCUT2D eigenvalue weighted by Crippen LogP contribution is -2.41. The summed E-state index contributed by atoms with van der Waals surface area (Å²) in [5, 5.41) is 3.07. The highest BCUT2D eigenvalue weighted by Crippen LogP contribution is 2.34. The summed E-state index contributed by atoms with van der Waals surface area (Å²) in [4.78, 5) is 18.0. The molecule has 150 valence electrons. The molecular formula is C18H23ClF3N3O2. The zero-order valence-corrected chi connectivity index (χ0v) is 15.7. The molecule has 1 aromatic rings. The van der Waals surface area contributed by atoms with Crippen LogP contribution < -0.4 is 10.2 Å². The summed E-state index contributed by atoms with van der Waals surface area (Å²) in [5.41, 5.74) is -0.851. The Morgan fingerprint density at radius 3 is 2.52 bits per heavy atom. The molecule has 0 aliphatic carbocycles. The van der Waals surface area contributed by atoms with Crippen molar-refractivity contribution in [2.75, 3.05) is 31.2 Å². The number of hydrogen-bond acceptors (Lipinski definition) is 4. The molecule has 1 amide bonds. The summed E-state index contributed by atoms with van der Waals surface area (Å²) < 4.78 is 43.5. The van der Waals surface area contributed by atoms with Gasteiger partial charge in [-0.05, 0) is 37.7 Å². The van der Waals surface area contributed by atoms with E-state index in [0.717, 1.165) is 37.9 Å². The van der Waals surface area contributed by atoms with Crippen LogP contribution in [0.4, 0.5) is 19.0 Å². The van der Waals surface area contributed by atoms with Crippen molar-refractivity contribution in [3.8, 4) is 0 Å². The Kier molecular flexibility index (Phi) is 6.47. The third kappa shape index (κ3) is 5.48. The minimum Gasteiger partial charge on any atom is -0.381 e. The van der Waals surface area contributed by atoms with Gasteiger partial charge < -0.3 is 15.0 Å². The van der Waals surface area contributed by atoms with Crippen molar-refractivity contribution in [2.45, 2.75) is 44.3 Å². The van der Waals surface area contributed by atoms with Crippen LogP contribution in [0, 0.1) is 5.92 Å². The Morgan fingerprint density at radius 1 is 1.26 bits per heavy atom. The highest BCUT2D eigenvalue weighted by molar-refractivity contribution is 6.33. The highest BCUT2D eigenvalue weighted by Gasteiger charge is 2.32. The predicted octanol–water partition coefficient (Wildman–Crippen LogP) is 3.66. The number of anilines is 1. The number of amides is 1. The maximum absolute atomic E-state index is 12.7. The first-order valence-electron chi connectivity index (χ1n) is 9.17. The lowest BCUT2D eigenvalue weighted by Gasteiger charge is -2.33. The Labute approximate surface area is 161 Å². The summed E-state index contributed by atoms with van der Waals surface area (Å²) in [6, 6.07) is 1.11. The Bertz CT molecular complexity index is 658. The average Bonchev–Trinajstić information content (AvgIpc) is 2.62.